The molecular weight excluding hydrogens is 530 g/mol. The van der Waals surface area contributed by atoms with E-state index in [1.165, 1.54) is 6.26 Å². The lowest BCUT2D eigenvalue weighted by molar-refractivity contribution is 0.0301. The molecule has 6 rings (SSSR count). The van der Waals surface area contributed by atoms with E-state index in [9.17, 15) is 18.7 Å². The van der Waals surface area contributed by atoms with Crippen LogP contribution in [0.5, 0.6) is 5.75 Å². The molecule has 2 atom stereocenters. The Bertz CT molecular complexity index is 1530. The van der Waals surface area contributed by atoms with E-state index in [1.807, 2.05) is 12.1 Å². The van der Waals surface area contributed by atoms with Gasteiger partial charge in [0, 0.05) is 73.9 Å². The summed E-state index contributed by atoms with van der Waals surface area (Å²) >= 11 is 0. The lowest BCUT2D eigenvalue weighted by atomic mass is 9.97. The smallest absolute Gasteiger partial charge is 0.267 e. The zero-order valence-corrected chi connectivity index (χ0v) is 23.2. The number of aliphatic hydroxyl groups excluding tert-OH is 1. The Morgan fingerprint density at radius 2 is 1.90 bits per heavy atom. The van der Waals surface area contributed by atoms with Gasteiger partial charge in [-0.2, -0.15) is 0 Å². The predicted octanol–water partition coefficient (Wildman–Crippen LogP) is 4.67. The normalized spacial score (nSPS) is 21.1. The summed E-state index contributed by atoms with van der Waals surface area (Å²) in [4.78, 5) is 21.2. The molecular formula is C31H36F2N4O4. The standard InChI is InChI=1S/C31H36F2N4O4/c1-19-16-37(10-7-27(19)38)12-11-36-8-5-22(6-9-36)34-31(39)26-15-23-25(35-26)3-2-4-28(23)40-17-20-18-41-29-14-21(32)13-24(33)30(20)29/h2-4,13-15,18-19,22,27,35,38H,5-12,16-17H2,1H3,(H,34,39)/t19-,27-/m0/s1. The molecule has 2 fully saturated rings. The topological polar surface area (TPSA) is 94.0 Å². The molecule has 2 aromatic carbocycles. The third-order valence-electron chi connectivity index (χ3n) is 8.52. The number of carbonyl (C=O) groups is 1. The number of piperidine rings is 2. The van der Waals surface area contributed by atoms with Gasteiger partial charge in [-0.25, -0.2) is 8.78 Å². The predicted molar refractivity (Wildman–Crippen MR) is 152 cm³/mol. The fourth-order valence-corrected chi connectivity index (χ4v) is 6.05. The van der Waals surface area contributed by atoms with Gasteiger partial charge in [0.1, 0.15) is 35.3 Å². The van der Waals surface area contributed by atoms with E-state index < -0.39 is 11.6 Å². The highest BCUT2D eigenvalue weighted by molar-refractivity contribution is 5.99. The van der Waals surface area contributed by atoms with Crippen molar-refractivity contribution in [3.8, 4) is 5.75 Å². The maximum Gasteiger partial charge on any atom is 0.267 e. The van der Waals surface area contributed by atoms with E-state index in [1.54, 1.807) is 12.1 Å². The van der Waals surface area contributed by atoms with Crippen molar-refractivity contribution in [3.63, 3.8) is 0 Å². The van der Waals surface area contributed by atoms with Gasteiger partial charge in [0.25, 0.3) is 5.91 Å². The lowest BCUT2D eigenvalue weighted by Gasteiger charge is -2.37. The molecule has 0 unspecified atom stereocenters. The van der Waals surface area contributed by atoms with Crippen molar-refractivity contribution < 1.29 is 27.8 Å². The van der Waals surface area contributed by atoms with Crippen molar-refractivity contribution in [2.75, 3.05) is 39.3 Å². The molecule has 2 saturated heterocycles. The van der Waals surface area contributed by atoms with E-state index in [4.69, 9.17) is 9.15 Å². The second-order valence-electron chi connectivity index (χ2n) is 11.4. The number of H-pyrrole nitrogens is 1. The number of hydrogen-bond donors (Lipinski definition) is 3. The van der Waals surface area contributed by atoms with E-state index >= 15 is 0 Å². The third-order valence-corrected chi connectivity index (χ3v) is 8.52. The minimum absolute atomic E-state index is 0.0265. The average molecular weight is 567 g/mol. The lowest BCUT2D eigenvalue weighted by Crippen LogP contribution is -2.48. The van der Waals surface area contributed by atoms with E-state index in [0.29, 0.717) is 22.9 Å². The summed E-state index contributed by atoms with van der Waals surface area (Å²) in [7, 11) is 0. The number of rotatable bonds is 8. The highest BCUT2D eigenvalue weighted by Crippen LogP contribution is 2.30. The van der Waals surface area contributed by atoms with Crippen molar-refractivity contribution in [1.82, 2.24) is 20.1 Å². The number of hydrogen-bond acceptors (Lipinski definition) is 6. The Balaban J connectivity index is 1.03. The summed E-state index contributed by atoms with van der Waals surface area (Å²) in [5.41, 5.74) is 1.81. The van der Waals surface area contributed by atoms with Crippen LogP contribution in [0.25, 0.3) is 21.9 Å². The van der Waals surface area contributed by atoms with E-state index in [0.717, 1.165) is 81.6 Å². The maximum absolute atomic E-state index is 14.3. The molecule has 218 valence electrons. The van der Waals surface area contributed by atoms with Crippen LogP contribution in [0.1, 0.15) is 42.2 Å². The molecule has 0 saturated carbocycles. The summed E-state index contributed by atoms with van der Waals surface area (Å²) in [6.45, 7) is 7.94. The number of ether oxygens (including phenoxy) is 1. The number of halogens is 2. The van der Waals surface area contributed by atoms with Gasteiger partial charge in [-0.1, -0.05) is 13.0 Å². The number of aliphatic hydroxyl groups is 1. The van der Waals surface area contributed by atoms with Crippen LogP contribution in [0.4, 0.5) is 8.78 Å². The first kappa shape index (κ1) is 27.7. The van der Waals surface area contributed by atoms with Crippen molar-refractivity contribution in [2.45, 2.75) is 44.9 Å². The Labute approximate surface area is 237 Å². The largest absolute Gasteiger partial charge is 0.488 e. The summed E-state index contributed by atoms with van der Waals surface area (Å²) < 4.78 is 39.2. The van der Waals surface area contributed by atoms with Crippen LogP contribution >= 0.6 is 0 Å². The highest BCUT2D eigenvalue weighted by atomic mass is 19.1. The number of likely N-dealkylation sites (tertiary alicyclic amines) is 2. The van der Waals surface area contributed by atoms with Crippen LogP contribution < -0.4 is 10.1 Å². The zero-order chi connectivity index (χ0) is 28.5. The van der Waals surface area contributed by atoms with Crippen molar-refractivity contribution >= 4 is 27.8 Å². The molecule has 0 spiro atoms. The zero-order valence-electron chi connectivity index (χ0n) is 23.2. The number of amides is 1. The molecule has 2 aliphatic rings. The number of nitrogens with one attached hydrogen (secondary N) is 2. The van der Waals surface area contributed by atoms with Crippen LogP contribution in [-0.2, 0) is 6.61 Å². The molecule has 4 heterocycles. The van der Waals surface area contributed by atoms with Crippen LogP contribution in [0.3, 0.4) is 0 Å². The molecule has 0 bridgehead atoms. The molecule has 2 aromatic heterocycles. The minimum atomic E-state index is -0.700. The quantitative estimate of drug-likeness (QED) is 0.287. The number of aromatic amines is 1. The summed E-state index contributed by atoms with van der Waals surface area (Å²) in [6, 6.07) is 9.34. The SMILES string of the molecule is C[C@H]1CN(CCN2CCC(NC(=O)c3cc4c(OCc5coc6cc(F)cc(F)c56)cccc4[nH]3)CC2)CC[C@@H]1O. The fourth-order valence-electron chi connectivity index (χ4n) is 6.05. The second-order valence-corrected chi connectivity index (χ2v) is 11.4. The molecule has 8 nitrogen and oxygen atoms in total. The van der Waals surface area contributed by atoms with Gasteiger partial charge in [-0.15, -0.1) is 0 Å². The summed E-state index contributed by atoms with van der Waals surface area (Å²) in [5.74, 6) is -0.688. The Morgan fingerprint density at radius 1 is 1.12 bits per heavy atom. The molecule has 10 heteroatoms. The van der Waals surface area contributed by atoms with Gasteiger partial charge in [-0.3, -0.25) is 4.79 Å². The number of benzene rings is 2. The average Bonchev–Trinajstić information content (AvgIpc) is 3.58. The second kappa shape index (κ2) is 11.8. The van der Waals surface area contributed by atoms with Gasteiger partial charge in [0.15, 0.2) is 0 Å². The number of furan rings is 1. The Morgan fingerprint density at radius 3 is 2.71 bits per heavy atom. The van der Waals surface area contributed by atoms with Crippen molar-refractivity contribution in [3.05, 3.63) is 65.6 Å². The Kier molecular flexibility index (Phi) is 7.96. The van der Waals surface area contributed by atoms with Gasteiger partial charge >= 0.3 is 0 Å². The van der Waals surface area contributed by atoms with Gasteiger partial charge < -0.3 is 34.4 Å². The maximum atomic E-state index is 14.3. The van der Waals surface area contributed by atoms with E-state index in [2.05, 4.69) is 27.0 Å². The van der Waals surface area contributed by atoms with Crippen LogP contribution in [0.2, 0.25) is 0 Å². The molecule has 3 N–H and O–H groups in total. The molecule has 41 heavy (non-hydrogen) atoms. The molecule has 2 aliphatic heterocycles. The minimum Gasteiger partial charge on any atom is -0.488 e. The Hall–Kier alpha value is -3.47. The third kappa shape index (κ3) is 6.10. The number of aromatic nitrogens is 1. The molecule has 1 amide bonds. The highest BCUT2D eigenvalue weighted by Gasteiger charge is 2.26. The molecule has 4 aromatic rings. The van der Waals surface area contributed by atoms with Gasteiger partial charge in [0.05, 0.1) is 17.8 Å². The fraction of sp³-hybridized carbons (Fsp3) is 0.452. The first-order valence-electron chi connectivity index (χ1n) is 14.4. The van der Waals surface area contributed by atoms with Gasteiger partial charge in [-0.05, 0) is 43.4 Å². The summed E-state index contributed by atoms with van der Waals surface area (Å²) in [5, 5.41) is 14.1. The first-order chi connectivity index (χ1) is 19.8. The van der Waals surface area contributed by atoms with Crippen LogP contribution in [0.15, 0.2) is 47.1 Å². The first-order valence-corrected chi connectivity index (χ1v) is 14.4. The van der Waals surface area contributed by atoms with Crippen LogP contribution in [-0.4, -0.2) is 77.2 Å². The number of carbonyl (C=O) groups excluding carboxylic acids is 1. The molecule has 0 aliphatic carbocycles. The monoisotopic (exact) mass is 566 g/mol. The number of fused-ring (bicyclic) bond motifs is 2. The van der Waals surface area contributed by atoms with Crippen LogP contribution in [0, 0.1) is 17.6 Å². The van der Waals surface area contributed by atoms with E-state index in [-0.39, 0.29) is 35.6 Å². The van der Waals surface area contributed by atoms with Crippen molar-refractivity contribution in [2.24, 2.45) is 5.92 Å². The van der Waals surface area contributed by atoms with Gasteiger partial charge in [0.2, 0.25) is 0 Å². The molecule has 0 radical (unpaired) electrons. The summed E-state index contributed by atoms with van der Waals surface area (Å²) in [6.07, 6.45) is 3.83. The number of nitrogens with zero attached hydrogens (tertiary/aromatic N) is 2. The van der Waals surface area contributed by atoms with Crippen molar-refractivity contribution in [1.29, 1.82) is 0 Å².